The Balaban J connectivity index is 1.88. The molecular formula is C28H35FN4O8. The number of likely N-dealkylation sites (N-methyl/N-ethyl adjacent to an activating group) is 2. The van der Waals surface area contributed by atoms with Crippen LogP contribution in [0.1, 0.15) is 38.3 Å². The molecule has 0 radical (unpaired) electrons. The number of carbonyl (C=O) groups is 4. The van der Waals surface area contributed by atoms with Crippen molar-refractivity contribution in [3.05, 3.63) is 39.9 Å². The first-order valence-electron chi connectivity index (χ1n) is 13.1. The highest BCUT2D eigenvalue weighted by Crippen LogP contribution is 2.53. The van der Waals surface area contributed by atoms with Crippen LogP contribution in [0.15, 0.2) is 23.0 Å². The molecule has 0 saturated heterocycles. The Kier molecular flexibility index (Phi) is 7.30. The normalized spacial score (nSPS) is 26.2. The molecule has 1 aromatic rings. The Morgan fingerprint density at radius 3 is 2.34 bits per heavy atom. The smallest absolute Gasteiger partial charge is 0.255 e. The number of phenols is 1. The molecule has 12 nitrogen and oxygen atoms in total. The number of phenolic OH excluding ortho intramolecular Hbond substituents is 1. The molecule has 0 heterocycles. The number of hydrogen-bond donors (Lipinski definition) is 6. The molecule has 13 heteroatoms. The maximum Gasteiger partial charge on any atom is 0.255 e. The SMILES string of the molecule is CCN(C)C(C)(C)C(=O)Nc1cc(F)c2c(c1O)C(O)=C1C(=O)[C@]3(O)C(O)=C(C(N)=O)C(=O)[C@@H](N(C)C)[C@@H]3C[C@@H]1C2. The number of nitrogens with one attached hydrogen (secondary N) is 1. The Labute approximate surface area is 235 Å². The number of halogens is 1. The molecule has 2 amide bonds. The van der Waals surface area contributed by atoms with E-state index in [1.54, 1.807) is 25.8 Å². The molecule has 1 saturated carbocycles. The molecule has 4 atom stereocenters. The van der Waals surface area contributed by atoms with Gasteiger partial charge in [-0.2, -0.15) is 0 Å². The number of hydrogen-bond acceptors (Lipinski definition) is 10. The molecule has 0 spiro atoms. The van der Waals surface area contributed by atoms with Gasteiger partial charge in [0.25, 0.3) is 5.91 Å². The molecule has 1 fully saturated rings. The number of benzene rings is 1. The van der Waals surface area contributed by atoms with Gasteiger partial charge in [-0.3, -0.25) is 29.0 Å². The Bertz CT molecular complexity index is 1450. The van der Waals surface area contributed by atoms with Crippen LogP contribution < -0.4 is 11.1 Å². The summed E-state index contributed by atoms with van der Waals surface area (Å²) in [4.78, 5) is 55.2. The molecule has 222 valence electrons. The minimum absolute atomic E-state index is 0.129. The summed E-state index contributed by atoms with van der Waals surface area (Å²) < 4.78 is 15.5. The second kappa shape index (κ2) is 9.93. The third-order valence-electron chi connectivity index (χ3n) is 8.90. The molecule has 0 aromatic heterocycles. The maximum atomic E-state index is 15.5. The number of ketones is 2. The van der Waals surface area contributed by atoms with Gasteiger partial charge in [0.15, 0.2) is 17.1 Å². The van der Waals surface area contributed by atoms with Crippen molar-refractivity contribution in [2.45, 2.75) is 50.8 Å². The second-order valence-corrected chi connectivity index (χ2v) is 11.6. The lowest BCUT2D eigenvalue weighted by Gasteiger charge is -2.50. The molecule has 7 N–H and O–H groups in total. The first kappa shape index (κ1) is 30.2. The minimum atomic E-state index is -2.81. The highest BCUT2D eigenvalue weighted by atomic mass is 19.1. The molecule has 1 aromatic carbocycles. The van der Waals surface area contributed by atoms with E-state index in [0.29, 0.717) is 6.54 Å². The molecule has 0 aliphatic heterocycles. The Hall–Kier alpha value is -3.81. The van der Waals surface area contributed by atoms with Gasteiger partial charge in [-0.1, -0.05) is 6.92 Å². The number of amides is 2. The number of nitrogens with two attached hydrogens (primary N) is 1. The largest absolute Gasteiger partial charge is 0.508 e. The van der Waals surface area contributed by atoms with Crippen molar-refractivity contribution in [3.63, 3.8) is 0 Å². The summed E-state index contributed by atoms with van der Waals surface area (Å²) in [7, 11) is 4.68. The van der Waals surface area contributed by atoms with Gasteiger partial charge >= 0.3 is 0 Å². The number of aliphatic hydroxyl groups is 3. The van der Waals surface area contributed by atoms with Crippen LogP contribution in [0, 0.1) is 17.7 Å². The van der Waals surface area contributed by atoms with Crippen LogP contribution in [0.3, 0.4) is 0 Å². The van der Waals surface area contributed by atoms with E-state index in [9.17, 15) is 39.6 Å². The van der Waals surface area contributed by atoms with Crippen molar-refractivity contribution in [2.75, 3.05) is 33.0 Å². The maximum absolute atomic E-state index is 15.5. The number of fused-ring (bicyclic) bond motifs is 3. The van der Waals surface area contributed by atoms with Gasteiger partial charge < -0.3 is 31.5 Å². The Morgan fingerprint density at radius 1 is 1.20 bits per heavy atom. The number of Topliss-reactive ketones (excluding diaryl/α,β-unsaturated/α-hetero) is 2. The predicted octanol–water partition coefficient (Wildman–Crippen LogP) is 0.772. The number of aromatic hydroxyl groups is 1. The first-order chi connectivity index (χ1) is 18.9. The van der Waals surface area contributed by atoms with Crippen LogP contribution in [0.25, 0.3) is 5.76 Å². The number of anilines is 1. The quantitative estimate of drug-likeness (QED) is 0.209. The van der Waals surface area contributed by atoms with E-state index in [-0.39, 0.29) is 24.1 Å². The fourth-order valence-corrected chi connectivity index (χ4v) is 6.21. The van der Waals surface area contributed by atoms with E-state index in [1.807, 2.05) is 6.92 Å². The van der Waals surface area contributed by atoms with Gasteiger partial charge in [0.1, 0.15) is 22.9 Å². The van der Waals surface area contributed by atoms with Crippen molar-refractivity contribution in [2.24, 2.45) is 17.6 Å². The number of aliphatic hydroxyl groups excluding tert-OH is 2. The average Bonchev–Trinajstić information content (AvgIpc) is 2.87. The van der Waals surface area contributed by atoms with Crippen molar-refractivity contribution >= 4 is 34.8 Å². The fraction of sp³-hybridized carbons (Fsp3) is 0.500. The zero-order valence-electron chi connectivity index (χ0n) is 23.7. The highest BCUT2D eigenvalue weighted by molar-refractivity contribution is 6.24. The van der Waals surface area contributed by atoms with Crippen LogP contribution in [0.4, 0.5) is 10.1 Å². The van der Waals surface area contributed by atoms with Crippen LogP contribution in [0.5, 0.6) is 5.75 Å². The van der Waals surface area contributed by atoms with Crippen molar-refractivity contribution in [3.8, 4) is 5.75 Å². The lowest BCUT2D eigenvalue weighted by atomic mass is 9.57. The minimum Gasteiger partial charge on any atom is -0.508 e. The zero-order valence-corrected chi connectivity index (χ0v) is 23.7. The van der Waals surface area contributed by atoms with Gasteiger partial charge in [0.2, 0.25) is 11.7 Å². The molecular weight excluding hydrogens is 539 g/mol. The number of carbonyl (C=O) groups excluding carboxylic acids is 4. The van der Waals surface area contributed by atoms with E-state index in [1.165, 1.54) is 19.0 Å². The van der Waals surface area contributed by atoms with E-state index in [4.69, 9.17) is 5.73 Å². The van der Waals surface area contributed by atoms with Gasteiger partial charge in [-0.05, 0) is 60.3 Å². The van der Waals surface area contributed by atoms with Crippen molar-refractivity contribution < 1.29 is 44.0 Å². The summed E-state index contributed by atoms with van der Waals surface area (Å²) in [5.74, 6) is -9.81. The Morgan fingerprint density at radius 2 is 1.80 bits per heavy atom. The third-order valence-corrected chi connectivity index (χ3v) is 8.90. The highest BCUT2D eigenvalue weighted by Gasteiger charge is 2.64. The first-order valence-corrected chi connectivity index (χ1v) is 13.1. The monoisotopic (exact) mass is 574 g/mol. The lowest BCUT2D eigenvalue weighted by molar-refractivity contribution is -0.153. The number of rotatable bonds is 6. The summed E-state index contributed by atoms with van der Waals surface area (Å²) in [5, 5.41) is 47.4. The van der Waals surface area contributed by atoms with Crippen molar-refractivity contribution in [1.29, 1.82) is 0 Å². The van der Waals surface area contributed by atoms with Gasteiger partial charge in [0.05, 0.1) is 22.8 Å². The van der Waals surface area contributed by atoms with E-state index in [2.05, 4.69) is 5.32 Å². The van der Waals surface area contributed by atoms with E-state index in [0.717, 1.165) is 6.07 Å². The van der Waals surface area contributed by atoms with Gasteiger partial charge in [0, 0.05) is 23.1 Å². The van der Waals surface area contributed by atoms with Gasteiger partial charge in [-0.25, -0.2) is 4.39 Å². The summed E-state index contributed by atoms with van der Waals surface area (Å²) in [5.41, 5.74) is -0.803. The molecule has 0 bridgehead atoms. The standard InChI is InChI=1S/C28H35FN4O8/c1-7-33(6)27(2,3)26(40)31-15-10-14(29)12-8-11-9-13-19(32(4)5)22(36)18(25(30)39)24(38)28(13,41)23(37)16(11)21(35)17(12)20(15)34/h10-11,13,19,34-35,38,41H,7-9H2,1-6H3,(H2,30,39)(H,31,40)/t11-,13-,19-,28-/m0/s1. The van der Waals surface area contributed by atoms with E-state index < -0.39 is 92.2 Å². The lowest BCUT2D eigenvalue weighted by Crippen LogP contribution is -2.65. The third kappa shape index (κ3) is 4.21. The molecule has 3 aliphatic carbocycles. The topological polar surface area (TPSA) is 194 Å². The molecule has 4 rings (SSSR count). The van der Waals surface area contributed by atoms with E-state index >= 15 is 4.39 Å². The second-order valence-electron chi connectivity index (χ2n) is 11.6. The van der Waals surface area contributed by atoms with Crippen LogP contribution in [-0.2, 0) is 25.6 Å². The molecule has 0 unspecified atom stereocenters. The summed E-state index contributed by atoms with van der Waals surface area (Å²) >= 11 is 0. The van der Waals surface area contributed by atoms with Crippen molar-refractivity contribution in [1.82, 2.24) is 9.80 Å². The summed E-state index contributed by atoms with van der Waals surface area (Å²) in [6.45, 7) is 5.63. The molecule has 41 heavy (non-hydrogen) atoms. The number of primary amides is 1. The van der Waals surface area contributed by atoms with Crippen LogP contribution in [-0.4, -0.2) is 98.5 Å². The average molecular weight is 575 g/mol. The summed E-state index contributed by atoms with van der Waals surface area (Å²) in [6, 6.07) is -0.318. The van der Waals surface area contributed by atoms with Crippen LogP contribution >= 0.6 is 0 Å². The predicted molar refractivity (Wildman–Crippen MR) is 145 cm³/mol. The molecule has 3 aliphatic rings. The fourth-order valence-electron chi connectivity index (χ4n) is 6.21. The summed E-state index contributed by atoms with van der Waals surface area (Å²) in [6.07, 6.45) is -0.367. The van der Waals surface area contributed by atoms with Crippen LogP contribution in [0.2, 0.25) is 0 Å². The zero-order chi connectivity index (χ0) is 30.9. The van der Waals surface area contributed by atoms with Gasteiger partial charge in [-0.15, -0.1) is 0 Å². The number of nitrogens with zero attached hydrogens (tertiary/aromatic N) is 2.